The van der Waals surface area contributed by atoms with Gasteiger partial charge in [0.05, 0.1) is 3.57 Å². The van der Waals surface area contributed by atoms with Crippen molar-refractivity contribution in [3.8, 4) is 22.6 Å². The summed E-state index contributed by atoms with van der Waals surface area (Å²) < 4.78 is 0.828. The third-order valence-corrected chi connectivity index (χ3v) is 4.37. The largest absolute Gasteiger partial charge is 0.507 e. The molecule has 0 radical (unpaired) electrons. The molecule has 0 heterocycles. The Labute approximate surface area is 140 Å². The van der Waals surface area contributed by atoms with Crippen LogP contribution in [-0.4, -0.2) is 10.2 Å². The lowest BCUT2D eigenvalue weighted by Crippen LogP contribution is -1.91. The van der Waals surface area contributed by atoms with E-state index in [4.69, 9.17) is 0 Å². The molecule has 2 N–H and O–H groups in total. The second-order valence-electron chi connectivity index (χ2n) is 5.33. The second-order valence-corrected chi connectivity index (χ2v) is 6.49. The minimum absolute atomic E-state index is 0.217. The Morgan fingerprint density at radius 3 is 2.14 bits per heavy atom. The predicted molar refractivity (Wildman–Crippen MR) is 95.9 cm³/mol. The smallest absolute Gasteiger partial charge is 0.136 e. The summed E-state index contributed by atoms with van der Waals surface area (Å²) in [6.07, 6.45) is 4.06. The second kappa shape index (κ2) is 7.16. The molecule has 2 aromatic carbocycles. The van der Waals surface area contributed by atoms with Crippen molar-refractivity contribution < 1.29 is 10.2 Å². The van der Waals surface area contributed by atoms with Gasteiger partial charge in [-0.1, -0.05) is 32.8 Å². The fourth-order valence-corrected chi connectivity index (χ4v) is 3.23. The molecule has 0 amide bonds. The van der Waals surface area contributed by atoms with Crippen LogP contribution in [-0.2, 0) is 12.8 Å². The molecule has 0 spiro atoms. The standard InChI is InChI=1S/C18H21IO2/c1-3-5-12-7-8-17(20)14(9-12)15-10-13(6-4-2)11-16(19)18(15)21/h7-11,20-21H,3-6H2,1-2H3. The first-order chi connectivity index (χ1) is 10.1. The van der Waals surface area contributed by atoms with Gasteiger partial charge in [-0.2, -0.15) is 0 Å². The molecule has 2 aromatic rings. The number of phenols is 2. The van der Waals surface area contributed by atoms with Crippen LogP contribution in [0.1, 0.15) is 37.8 Å². The minimum atomic E-state index is 0.217. The summed E-state index contributed by atoms with van der Waals surface area (Å²) >= 11 is 2.15. The molecule has 3 heteroatoms. The van der Waals surface area contributed by atoms with Gasteiger partial charge < -0.3 is 10.2 Å². The number of aryl methyl sites for hydroxylation is 2. The molecule has 2 rings (SSSR count). The molecule has 0 aliphatic heterocycles. The molecule has 112 valence electrons. The van der Waals surface area contributed by atoms with E-state index in [0.29, 0.717) is 5.56 Å². The van der Waals surface area contributed by atoms with E-state index in [-0.39, 0.29) is 11.5 Å². The average Bonchev–Trinajstić information content (AvgIpc) is 2.45. The van der Waals surface area contributed by atoms with Crippen LogP contribution in [0.25, 0.3) is 11.1 Å². The molecule has 0 fully saturated rings. The van der Waals surface area contributed by atoms with Gasteiger partial charge in [-0.15, -0.1) is 0 Å². The summed E-state index contributed by atoms with van der Waals surface area (Å²) in [5, 5.41) is 20.5. The van der Waals surface area contributed by atoms with Crippen molar-refractivity contribution in [2.24, 2.45) is 0 Å². The van der Waals surface area contributed by atoms with Gasteiger partial charge in [0, 0.05) is 11.1 Å². The van der Waals surface area contributed by atoms with Crippen molar-refractivity contribution in [1.82, 2.24) is 0 Å². The maximum atomic E-state index is 10.4. The summed E-state index contributed by atoms with van der Waals surface area (Å²) in [6.45, 7) is 4.27. The zero-order valence-corrected chi connectivity index (χ0v) is 14.6. The normalized spacial score (nSPS) is 10.8. The molecule has 21 heavy (non-hydrogen) atoms. The van der Waals surface area contributed by atoms with Gasteiger partial charge in [0.15, 0.2) is 0 Å². The lowest BCUT2D eigenvalue weighted by atomic mass is 9.96. The number of benzene rings is 2. The van der Waals surface area contributed by atoms with Crippen molar-refractivity contribution in [3.63, 3.8) is 0 Å². The molecule has 0 saturated carbocycles. The van der Waals surface area contributed by atoms with Crippen molar-refractivity contribution in [1.29, 1.82) is 0 Å². The van der Waals surface area contributed by atoms with Crippen LogP contribution >= 0.6 is 22.6 Å². The highest BCUT2D eigenvalue weighted by Crippen LogP contribution is 2.39. The molecule has 0 aliphatic rings. The molecule has 0 unspecified atom stereocenters. The highest BCUT2D eigenvalue weighted by molar-refractivity contribution is 14.1. The van der Waals surface area contributed by atoms with E-state index in [1.807, 2.05) is 24.3 Å². The van der Waals surface area contributed by atoms with Crippen LogP contribution in [0.5, 0.6) is 11.5 Å². The lowest BCUT2D eigenvalue weighted by molar-refractivity contribution is 0.466. The third-order valence-electron chi connectivity index (χ3n) is 3.55. The molecule has 0 atom stereocenters. The Balaban J connectivity index is 2.57. The molecule has 0 saturated heterocycles. The Kier molecular flexibility index (Phi) is 5.51. The van der Waals surface area contributed by atoms with Gasteiger partial charge in [0.25, 0.3) is 0 Å². The maximum absolute atomic E-state index is 10.4. The first-order valence-electron chi connectivity index (χ1n) is 7.40. The van der Waals surface area contributed by atoms with Crippen LogP contribution in [0, 0.1) is 3.57 Å². The number of rotatable bonds is 5. The summed E-state index contributed by atoms with van der Waals surface area (Å²) in [5.74, 6) is 0.467. The molecular formula is C18H21IO2. The Hall–Kier alpha value is -1.23. The van der Waals surface area contributed by atoms with Gasteiger partial charge in [0.1, 0.15) is 11.5 Å². The number of phenolic OH excluding ortho intramolecular Hbond substituents is 2. The first kappa shape index (κ1) is 16.1. The van der Waals surface area contributed by atoms with E-state index >= 15 is 0 Å². The Morgan fingerprint density at radius 2 is 1.48 bits per heavy atom. The zero-order valence-electron chi connectivity index (χ0n) is 12.5. The summed E-state index contributed by atoms with van der Waals surface area (Å²) in [4.78, 5) is 0. The predicted octanol–water partition coefficient (Wildman–Crippen LogP) is 5.27. The van der Waals surface area contributed by atoms with Gasteiger partial charge in [-0.25, -0.2) is 0 Å². The summed E-state index contributed by atoms with van der Waals surface area (Å²) in [6, 6.07) is 9.65. The van der Waals surface area contributed by atoms with Crippen LogP contribution in [0.3, 0.4) is 0 Å². The number of halogens is 1. The quantitative estimate of drug-likeness (QED) is 0.676. The van der Waals surface area contributed by atoms with Crippen molar-refractivity contribution in [2.45, 2.75) is 39.5 Å². The lowest BCUT2D eigenvalue weighted by Gasteiger charge is -2.13. The van der Waals surface area contributed by atoms with Crippen LogP contribution in [0.15, 0.2) is 30.3 Å². The van der Waals surface area contributed by atoms with E-state index in [1.165, 1.54) is 11.1 Å². The monoisotopic (exact) mass is 396 g/mol. The molecule has 0 bridgehead atoms. The van der Waals surface area contributed by atoms with Crippen LogP contribution < -0.4 is 0 Å². The summed E-state index contributed by atoms with van der Waals surface area (Å²) in [7, 11) is 0. The third kappa shape index (κ3) is 3.70. The van der Waals surface area contributed by atoms with E-state index < -0.39 is 0 Å². The van der Waals surface area contributed by atoms with E-state index in [2.05, 4.69) is 36.4 Å². The molecule has 0 aromatic heterocycles. The number of hydrogen-bond acceptors (Lipinski definition) is 2. The van der Waals surface area contributed by atoms with Gasteiger partial charge in [-0.3, -0.25) is 0 Å². The average molecular weight is 396 g/mol. The van der Waals surface area contributed by atoms with Gasteiger partial charge in [-0.05, 0) is 70.8 Å². The molecule has 0 aliphatic carbocycles. The van der Waals surface area contributed by atoms with Crippen LogP contribution in [0.4, 0.5) is 0 Å². The SMILES string of the molecule is CCCc1ccc(O)c(-c2cc(CCC)cc(I)c2O)c1. The summed E-state index contributed by atoms with van der Waals surface area (Å²) in [5.41, 5.74) is 3.81. The van der Waals surface area contributed by atoms with E-state index in [9.17, 15) is 10.2 Å². The highest BCUT2D eigenvalue weighted by Gasteiger charge is 2.14. The Bertz CT molecular complexity index is 635. The molecule has 2 nitrogen and oxygen atoms in total. The topological polar surface area (TPSA) is 40.5 Å². The highest BCUT2D eigenvalue weighted by atomic mass is 127. The van der Waals surface area contributed by atoms with E-state index in [0.717, 1.165) is 34.8 Å². The molecular weight excluding hydrogens is 375 g/mol. The first-order valence-corrected chi connectivity index (χ1v) is 8.48. The maximum Gasteiger partial charge on any atom is 0.136 e. The van der Waals surface area contributed by atoms with Gasteiger partial charge in [0.2, 0.25) is 0 Å². The number of aromatic hydroxyl groups is 2. The van der Waals surface area contributed by atoms with Crippen molar-refractivity contribution in [3.05, 3.63) is 45.0 Å². The number of hydrogen-bond donors (Lipinski definition) is 2. The van der Waals surface area contributed by atoms with E-state index in [1.54, 1.807) is 6.07 Å². The van der Waals surface area contributed by atoms with Crippen LogP contribution in [0.2, 0.25) is 0 Å². The fourth-order valence-electron chi connectivity index (χ4n) is 2.54. The Morgan fingerprint density at radius 1 is 0.857 bits per heavy atom. The minimum Gasteiger partial charge on any atom is -0.507 e. The fraction of sp³-hybridized carbons (Fsp3) is 0.333. The van der Waals surface area contributed by atoms with Gasteiger partial charge >= 0.3 is 0 Å². The zero-order chi connectivity index (χ0) is 15.4. The van der Waals surface area contributed by atoms with Crippen molar-refractivity contribution in [2.75, 3.05) is 0 Å². The van der Waals surface area contributed by atoms with Crippen molar-refractivity contribution >= 4 is 22.6 Å².